The molecule has 0 aliphatic heterocycles. The molecule has 2 aromatic rings. The Hall–Kier alpha value is -2.41. The molecule has 0 spiro atoms. The Morgan fingerprint density at radius 2 is 1.85 bits per heavy atom. The third-order valence-corrected chi connectivity index (χ3v) is 4.50. The quantitative estimate of drug-likeness (QED) is 0.559. The molecular weight excluding hydrogens is 360 g/mol. The predicted molar refractivity (Wildman–Crippen MR) is 95.7 cm³/mol. The highest BCUT2D eigenvalue weighted by Crippen LogP contribution is 2.21. The SMILES string of the molecule is C[C@H](NC(=O)COC(=O)CCSc1ccc(F)c(F)c1)c1ccccc1. The summed E-state index contributed by atoms with van der Waals surface area (Å²) in [4.78, 5) is 24.0. The van der Waals surface area contributed by atoms with Crippen molar-refractivity contribution >= 4 is 23.6 Å². The average molecular weight is 379 g/mol. The van der Waals surface area contributed by atoms with Crippen LogP contribution in [0.4, 0.5) is 8.78 Å². The van der Waals surface area contributed by atoms with Gasteiger partial charge in [-0.25, -0.2) is 8.78 Å². The van der Waals surface area contributed by atoms with E-state index >= 15 is 0 Å². The lowest BCUT2D eigenvalue weighted by atomic mass is 10.1. The minimum atomic E-state index is -0.929. The van der Waals surface area contributed by atoms with Gasteiger partial charge in [0.2, 0.25) is 0 Å². The summed E-state index contributed by atoms with van der Waals surface area (Å²) >= 11 is 1.21. The van der Waals surface area contributed by atoms with Crippen LogP contribution in [0.2, 0.25) is 0 Å². The van der Waals surface area contributed by atoms with Gasteiger partial charge in [-0.15, -0.1) is 11.8 Å². The number of benzene rings is 2. The number of hydrogen-bond donors (Lipinski definition) is 1. The Kier molecular flexibility index (Phi) is 7.59. The molecule has 0 aromatic heterocycles. The Balaban J connectivity index is 1.66. The number of amides is 1. The number of carbonyl (C=O) groups is 2. The van der Waals surface area contributed by atoms with Gasteiger partial charge in [0.15, 0.2) is 18.2 Å². The van der Waals surface area contributed by atoms with E-state index in [4.69, 9.17) is 4.74 Å². The summed E-state index contributed by atoms with van der Waals surface area (Å²) in [6, 6.07) is 12.8. The van der Waals surface area contributed by atoms with E-state index in [-0.39, 0.29) is 25.0 Å². The van der Waals surface area contributed by atoms with Crippen LogP contribution in [0, 0.1) is 11.6 Å². The number of hydrogen-bond acceptors (Lipinski definition) is 4. The number of carbonyl (C=O) groups excluding carboxylic acids is 2. The molecule has 7 heteroatoms. The van der Waals surface area contributed by atoms with E-state index in [1.165, 1.54) is 17.8 Å². The lowest BCUT2D eigenvalue weighted by molar-refractivity contribution is -0.148. The van der Waals surface area contributed by atoms with Crippen molar-refractivity contribution in [2.45, 2.75) is 24.3 Å². The van der Waals surface area contributed by atoms with Crippen molar-refractivity contribution in [1.29, 1.82) is 0 Å². The second kappa shape index (κ2) is 9.91. The second-order valence-corrected chi connectivity index (χ2v) is 6.70. The molecule has 0 aliphatic carbocycles. The molecule has 1 N–H and O–H groups in total. The summed E-state index contributed by atoms with van der Waals surface area (Å²) in [7, 11) is 0. The van der Waals surface area contributed by atoms with Crippen LogP contribution in [0.25, 0.3) is 0 Å². The van der Waals surface area contributed by atoms with Crippen LogP contribution in [0.3, 0.4) is 0 Å². The number of rotatable bonds is 8. The van der Waals surface area contributed by atoms with Gasteiger partial charge in [-0.2, -0.15) is 0 Å². The summed E-state index contributed by atoms with van der Waals surface area (Å²) < 4.78 is 30.8. The van der Waals surface area contributed by atoms with Crippen LogP contribution in [-0.2, 0) is 14.3 Å². The molecule has 1 atom stereocenters. The number of halogens is 2. The van der Waals surface area contributed by atoms with Gasteiger partial charge in [-0.3, -0.25) is 9.59 Å². The Labute approximate surface area is 154 Å². The first-order chi connectivity index (χ1) is 12.5. The van der Waals surface area contributed by atoms with E-state index < -0.39 is 17.6 Å². The van der Waals surface area contributed by atoms with Gasteiger partial charge in [0.05, 0.1) is 12.5 Å². The molecular formula is C19H19F2NO3S. The molecule has 0 heterocycles. The highest BCUT2D eigenvalue weighted by molar-refractivity contribution is 7.99. The molecule has 0 aliphatic rings. The Morgan fingerprint density at radius 1 is 1.12 bits per heavy atom. The molecule has 26 heavy (non-hydrogen) atoms. The van der Waals surface area contributed by atoms with Crippen molar-refractivity contribution in [3.05, 3.63) is 65.7 Å². The van der Waals surface area contributed by atoms with E-state index in [0.717, 1.165) is 17.7 Å². The van der Waals surface area contributed by atoms with Gasteiger partial charge in [0, 0.05) is 10.6 Å². The summed E-state index contributed by atoms with van der Waals surface area (Å²) in [5.74, 6) is -2.41. The minimum Gasteiger partial charge on any atom is -0.456 e. The summed E-state index contributed by atoms with van der Waals surface area (Å²) in [5, 5.41) is 2.75. The Morgan fingerprint density at radius 3 is 2.54 bits per heavy atom. The first-order valence-electron chi connectivity index (χ1n) is 8.03. The molecule has 0 bridgehead atoms. The lowest BCUT2D eigenvalue weighted by Crippen LogP contribution is -2.31. The number of nitrogens with one attached hydrogen (secondary N) is 1. The van der Waals surface area contributed by atoms with Crippen molar-refractivity contribution in [1.82, 2.24) is 5.32 Å². The lowest BCUT2D eigenvalue weighted by Gasteiger charge is -2.14. The summed E-state index contributed by atoms with van der Waals surface area (Å²) in [6.45, 7) is 1.49. The molecule has 0 unspecified atom stereocenters. The zero-order chi connectivity index (χ0) is 18.9. The molecule has 138 valence electrons. The van der Waals surface area contributed by atoms with Crippen molar-refractivity contribution in [3.63, 3.8) is 0 Å². The number of thioether (sulfide) groups is 1. The zero-order valence-electron chi connectivity index (χ0n) is 14.2. The van der Waals surface area contributed by atoms with Crippen molar-refractivity contribution < 1.29 is 23.1 Å². The highest BCUT2D eigenvalue weighted by Gasteiger charge is 2.12. The van der Waals surface area contributed by atoms with Crippen LogP contribution >= 0.6 is 11.8 Å². The topological polar surface area (TPSA) is 55.4 Å². The normalized spacial score (nSPS) is 11.7. The maximum absolute atomic E-state index is 13.1. The molecule has 2 aromatic carbocycles. The fourth-order valence-electron chi connectivity index (χ4n) is 2.15. The van der Waals surface area contributed by atoms with E-state index in [0.29, 0.717) is 10.6 Å². The van der Waals surface area contributed by atoms with Gasteiger partial charge >= 0.3 is 5.97 Å². The smallest absolute Gasteiger partial charge is 0.307 e. The van der Waals surface area contributed by atoms with E-state index in [1.54, 1.807) is 0 Å². The van der Waals surface area contributed by atoms with Crippen molar-refractivity contribution in [3.8, 4) is 0 Å². The third kappa shape index (κ3) is 6.48. The monoisotopic (exact) mass is 379 g/mol. The summed E-state index contributed by atoms with van der Waals surface area (Å²) in [6.07, 6.45) is 0.0607. The van der Waals surface area contributed by atoms with Crippen LogP contribution < -0.4 is 5.32 Å². The third-order valence-electron chi connectivity index (χ3n) is 3.51. The fraction of sp³-hybridized carbons (Fsp3) is 0.263. The molecule has 0 saturated heterocycles. The van der Waals surface area contributed by atoms with Gasteiger partial charge in [-0.05, 0) is 30.7 Å². The van der Waals surface area contributed by atoms with Crippen LogP contribution in [0.5, 0.6) is 0 Å². The molecule has 2 rings (SSSR count). The van der Waals surface area contributed by atoms with Gasteiger partial charge < -0.3 is 10.1 Å². The molecule has 0 saturated carbocycles. The first kappa shape index (κ1) is 19.9. The fourth-order valence-corrected chi connectivity index (χ4v) is 3.00. The van der Waals surface area contributed by atoms with Crippen LogP contribution in [-0.4, -0.2) is 24.2 Å². The van der Waals surface area contributed by atoms with E-state index in [2.05, 4.69) is 5.32 Å². The molecule has 0 radical (unpaired) electrons. The number of esters is 1. The molecule has 0 fully saturated rings. The maximum atomic E-state index is 13.1. The number of ether oxygens (including phenoxy) is 1. The van der Waals surface area contributed by atoms with E-state index in [1.807, 2.05) is 37.3 Å². The zero-order valence-corrected chi connectivity index (χ0v) is 15.0. The highest BCUT2D eigenvalue weighted by atomic mass is 32.2. The molecule has 1 amide bonds. The van der Waals surface area contributed by atoms with Crippen molar-refractivity contribution in [2.75, 3.05) is 12.4 Å². The predicted octanol–water partition coefficient (Wildman–Crippen LogP) is 3.87. The standard InChI is InChI=1S/C19H19F2NO3S/c1-13(14-5-3-2-4-6-14)22-18(23)12-25-19(24)9-10-26-15-7-8-16(20)17(21)11-15/h2-8,11,13H,9-10,12H2,1H3,(H,22,23)/t13-/m0/s1. The maximum Gasteiger partial charge on any atom is 0.307 e. The second-order valence-electron chi connectivity index (χ2n) is 5.53. The van der Waals surface area contributed by atoms with Gasteiger partial charge in [0.25, 0.3) is 5.91 Å². The largest absolute Gasteiger partial charge is 0.456 e. The molecule has 4 nitrogen and oxygen atoms in total. The van der Waals surface area contributed by atoms with Crippen LogP contribution in [0.1, 0.15) is 24.9 Å². The minimum absolute atomic E-state index is 0.0607. The van der Waals surface area contributed by atoms with Gasteiger partial charge in [0.1, 0.15) is 0 Å². The van der Waals surface area contributed by atoms with Crippen molar-refractivity contribution in [2.24, 2.45) is 0 Å². The first-order valence-corrected chi connectivity index (χ1v) is 9.02. The van der Waals surface area contributed by atoms with Crippen LogP contribution in [0.15, 0.2) is 53.4 Å². The van der Waals surface area contributed by atoms with E-state index in [9.17, 15) is 18.4 Å². The summed E-state index contributed by atoms with van der Waals surface area (Å²) in [5.41, 5.74) is 0.954. The Bertz CT molecular complexity index is 756. The van der Waals surface area contributed by atoms with Gasteiger partial charge in [-0.1, -0.05) is 30.3 Å². The average Bonchev–Trinajstić information content (AvgIpc) is 2.63.